The molecule has 230 valence electrons. The van der Waals surface area contributed by atoms with Gasteiger partial charge in [0.15, 0.2) is 25.7 Å². The third-order valence-electron chi connectivity index (χ3n) is 7.62. The van der Waals surface area contributed by atoms with E-state index in [1.165, 1.54) is 19.4 Å². The number of esters is 1. The number of aromatic nitrogens is 2. The van der Waals surface area contributed by atoms with Crippen molar-refractivity contribution < 1.29 is 36.6 Å². The van der Waals surface area contributed by atoms with Gasteiger partial charge in [-0.2, -0.15) is 4.98 Å². The summed E-state index contributed by atoms with van der Waals surface area (Å²) in [6, 6.07) is 2.07. The van der Waals surface area contributed by atoms with E-state index in [9.17, 15) is 22.8 Å². The number of nitrogens with zero attached hydrogens (tertiary/aromatic N) is 2. The van der Waals surface area contributed by atoms with Gasteiger partial charge in [-0.1, -0.05) is 34.6 Å². The lowest BCUT2D eigenvalue weighted by atomic mass is 10.0. The van der Waals surface area contributed by atoms with Crippen LogP contribution in [0.4, 0.5) is 13.2 Å². The number of carbonyl (C=O) groups is 1. The Bertz CT molecular complexity index is 1490. The minimum atomic E-state index is -2.17. The van der Waals surface area contributed by atoms with Gasteiger partial charge in [0.2, 0.25) is 11.3 Å². The fourth-order valence-electron chi connectivity index (χ4n) is 4.10. The fraction of sp³-hybridized carbons (Fsp3) is 0.500. The highest BCUT2D eigenvalue weighted by atomic mass is 28.4. The van der Waals surface area contributed by atoms with Crippen LogP contribution >= 0.6 is 0 Å². The lowest BCUT2D eigenvalue weighted by molar-refractivity contribution is 0.0523. The second kappa shape index (κ2) is 12.9. The zero-order chi connectivity index (χ0) is 31.6. The highest BCUT2D eigenvalue weighted by molar-refractivity contribution is 6.74. The van der Waals surface area contributed by atoms with E-state index in [2.05, 4.69) is 38.8 Å². The third-order valence-corrected chi connectivity index (χ3v) is 12.1. The first-order chi connectivity index (χ1) is 19.5. The molecular formula is C30H39F3N2O6Si. The van der Waals surface area contributed by atoms with Crippen molar-refractivity contribution in [2.75, 3.05) is 20.3 Å². The van der Waals surface area contributed by atoms with Crippen LogP contribution in [0.3, 0.4) is 0 Å². The number of fused-ring (bicyclic) bond motifs is 1. The number of carbonyl (C=O) groups excluding carboxylic acids is 1. The average Bonchev–Trinajstić information content (AvgIpc) is 2.88. The smallest absolute Gasteiger partial charge is 0.343 e. The molecule has 3 aromatic rings. The second-order valence-corrected chi connectivity index (χ2v) is 16.7. The molecule has 8 nitrogen and oxygen atoms in total. The lowest BCUT2D eigenvalue weighted by Gasteiger charge is -2.38. The first kappa shape index (κ1) is 33.1. The molecule has 0 saturated carbocycles. The largest absolute Gasteiger partial charge is 0.483 e. The Morgan fingerprint density at radius 2 is 1.71 bits per heavy atom. The van der Waals surface area contributed by atoms with Crippen molar-refractivity contribution in [2.24, 2.45) is 5.92 Å². The number of hydrogen-bond donors (Lipinski definition) is 0. The molecule has 0 fully saturated rings. The van der Waals surface area contributed by atoms with E-state index >= 15 is 0 Å². The molecule has 0 aliphatic rings. The molecule has 0 N–H and O–H groups in total. The van der Waals surface area contributed by atoms with Crippen LogP contribution < -0.4 is 14.9 Å². The molecule has 0 amide bonds. The van der Waals surface area contributed by atoms with Crippen LogP contribution in [0.5, 0.6) is 11.6 Å². The molecular weight excluding hydrogens is 569 g/mol. The summed E-state index contributed by atoms with van der Waals surface area (Å²) in [5.41, 5.74) is -0.429. The Morgan fingerprint density at radius 1 is 1.10 bits per heavy atom. The summed E-state index contributed by atoms with van der Waals surface area (Å²) in [5, 5.41) is 0.00812. The van der Waals surface area contributed by atoms with E-state index in [1.807, 2.05) is 13.8 Å². The molecule has 42 heavy (non-hydrogen) atoms. The molecule has 0 aliphatic heterocycles. The van der Waals surface area contributed by atoms with Crippen LogP contribution in [0, 0.1) is 23.4 Å². The molecule has 2 heterocycles. The quantitative estimate of drug-likeness (QED) is 0.175. The number of halogens is 3. The number of ether oxygens (including phenoxy) is 3. The van der Waals surface area contributed by atoms with Crippen molar-refractivity contribution in [3.63, 3.8) is 0 Å². The monoisotopic (exact) mass is 608 g/mol. The Balaban J connectivity index is 2.20. The van der Waals surface area contributed by atoms with Gasteiger partial charge in [0, 0.05) is 18.3 Å². The van der Waals surface area contributed by atoms with E-state index in [1.54, 1.807) is 11.5 Å². The molecule has 0 bridgehead atoms. The summed E-state index contributed by atoms with van der Waals surface area (Å²) in [6.45, 7) is 16.2. The van der Waals surface area contributed by atoms with Gasteiger partial charge >= 0.3 is 5.97 Å². The molecule has 1 aromatic carbocycles. The highest BCUT2D eigenvalue weighted by Crippen LogP contribution is 2.38. The number of pyridine rings is 2. The molecule has 0 aliphatic carbocycles. The van der Waals surface area contributed by atoms with Gasteiger partial charge in [-0.15, -0.1) is 0 Å². The van der Waals surface area contributed by atoms with E-state index in [0.717, 1.165) is 0 Å². The van der Waals surface area contributed by atoms with E-state index in [4.69, 9.17) is 18.6 Å². The molecule has 12 heteroatoms. The lowest BCUT2D eigenvalue weighted by Crippen LogP contribution is -2.42. The number of hydrogen-bond acceptors (Lipinski definition) is 7. The minimum absolute atomic E-state index is 0.00394. The molecule has 0 radical (unpaired) electrons. The number of methoxy groups -OCH3 is 1. The van der Waals surface area contributed by atoms with Crippen molar-refractivity contribution in [2.45, 2.75) is 72.3 Å². The predicted octanol–water partition coefficient (Wildman–Crippen LogP) is 6.80. The van der Waals surface area contributed by atoms with Crippen molar-refractivity contribution in [3.05, 3.63) is 63.2 Å². The summed E-state index contributed by atoms with van der Waals surface area (Å²) >= 11 is 0. The third kappa shape index (κ3) is 6.97. The summed E-state index contributed by atoms with van der Waals surface area (Å²) < 4.78 is 66.0. The van der Waals surface area contributed by atoms with Crippen molar-refractivity contribution in [1.82, 2.24) is 9.55 Å². The molecule has 2 aromatic heterocycles. The fourth-order valence-corrected chi connectivity index (χ4v) is 5.13. The predicted molar refractivity (Wildman–Crippen MR) is 156 cm³/mol. The van der Waals surface area contributed by atoms with Crippen molar-refractivity contribution in [3.8, 4) is 11.6 Å². The molecule has 0 spiro atoms. The summed E-state index contributed by atoms with van der Waals surface area (Å²) in [6.07, 6.45) is 1.44. The number of rotatable bonds is 11. The van der Waals surface area contributed by atoms with Gasteiger partial charge in [0.1, 0.15) is 23.6 Å². The van der Waals surface area contributed by atoms with Crippen molar-refractivity contribution >= 4 is 25.3 Å². The first-order valence-corrected chi connectivity index (χ1v) is 16.6. The van der Waals surface area contributed by atoms with Gasteiger partial charge in [0.05, 0.1) is 37.3 Å². The van der Waals surface area contributed by atoms with Crippen LogP contribution in [-0.2, 0) is 15.8 Å². The first-order valence-electron chi connectivity index (χ1n) is 13.7. The van der Waals surface area contributed by atoms with Crippen LogP contribution in [-0.4, -0.2) is 44.2 Å². The second-order valence-electron chi connectivity index (χ2n) is 11.9. The zero-order valence-electron chi connectivity index (χ0n) is 25.6. The maximum atomic E-state index is 14.2. The van der Waals surface area contributed by atoms with Gasteiger partial charge < -0.3 is 23.2 Å². The van der Waals surface area contributed by atoms with Gasteiger partial charge in [-0.05, 0) is 37.0 Å². The minimum Gasteiger partial charge on any atom is -0.483 e. The standard InChI is InChI=1S/C30H39F3N2O6Si/c1-10-39-29(37)21-14-35(24(17(2)3)16-41-42(8,9)30(4,5)6)27-20(25(21)36)11-18(28(34-27)38-7)15-40-26-22(32)12-19(31)13-23(26)33/h11-14,17,24H,10,15-16H2,1-9H3. The maximum absolute atomic E-state index is 14.2. The summed E-state index contributed by atoms with van der Waals surface area (Å²) in [4.78, 5) is 31.1. The van der Waals surface area contributed by atoms with Crippen LogP contribution in [0.15, 0.2) is 29.2 Å². The normalized spacial score (nSPS) is 13.0. The summed E-state index contributed by atoms with van der Waals surface area (Å²) in [7, 11) is -0.815. The Morgan fingerprint density at radius 3 is 2.24 bits per heavy atom. The topological polar surface area (TPSA) is 88.9 Å². The van der Waals surface area contributed by atoms with Crippen LogP contribution in [0.2, 0.25) is 18.1 Å². The van der Waals surface area contributed by atoms with Gasteiger partial charge in [-0.25, -0.2) is 18.0 Å². The van der Waals surface area contributed by atoms with Gasteiger partial charge in [0.25, 0.3) is 0 Å². The Kier molecular flexibility index (Phi) is 10.1. The van der Waals surface area contributed by atoms with Crippen molar-refractivity contribution in [1.29, 1.82) is 0 Å². The SMILES string of the molecule is CCOC(=O)c1cn(C(CO[Si](C)(C)C(C)(C)C)C(C)C)c2nc(OC)c(COc3c(F)cc(F)cc3F)cc2c1=O. The average molecular weight is 609 g/mol. The number of benzene rings is 1. The molecule has 0 saturated heterocycles. The maximum Gasteiger partial charge on any atom is 0.343 e. The highest BCUT2D eigenvalue weighted by Gasteiger charge is 2.38. The van der Waals surface area contributed by atoms with E-state index in [-0.39, 0.29) is 51.6 Å². The Labute approximate surface area is 244 Å². The zero-order valence-corrected chi connectivity index (χ0v) is 26.6. The van der Waals surface area contributed by atoms with E-state index in [0.29, 0.717) is 18.7 Å². The molecule has 1 unspecified atom stereocenters. The molecule has 1 atom stereocenters. The Hall–Kier alpha value is -3.38. The van der Waals surface area contributed by atoms with Gasteiger partial charge in [-0.3, -0.25) is 4.79 Å². The van der Waals surface area contributed by atoms with Crippen LogP contribution in [0.1, 0.15) is 63.5 Å². The molecule has 3 rings (SSSR count). The summed E-state index contributed by atoms with van der Waals surface area (Å²) in [5.74, 6) is -5.10. The van der Waals surface area contributed by atoms with Crippen LogP contribution in [0.25, 0.3) is 11.0 Å². The van der Waals surface area contributed by atoms with E-state index < -0.39 is 49.5 Å².